The van der Waals surface area contributed by atoms with Gasteiger partial charge in [-0.15, -0.1) is 0 Å². The Balaban J connectivity index is 2.03. The molecule has 0 spiro atoms. The van der Waals surface area contributed by atoms with Gasteiger partial charge in [0.15, 0.2) is 0 Å². The fraction of sp³-hybridized carbons (Fsp3) is 0.0667. The minimum atomic E-state index is -0.935. The van der Waals surface area contributed by atoms with Gasteiger partial charge in [0.25, 0.3) is 0 Å². The maximum atomic E-state index is 11.0. The Kier molecular flexibility index (Phi) is 2.87. The Morgan fingerprint density at radius 1 is 1.20 bits per heavy atom. The number of para-hydroxylation sites is 2. The van der Waals surface area contributed by atoms with Gasteiger partial charge < -0.3 is 15.4 Å². The molecular weight excluding hydrogens is 254 g/mol. The van der Waals surface area contributed by atoms with Gasteiger partial charge >= 0.3 is 5.97 Å². The third kappa shape index (κ3) is 2.09. The fourth-order valence-electron chi connectivity index (χ4n) is 2.25. The van der Waals surface area contributed by atoms with E-state index in [4.69, 9.17) is 10.8 Å². The molecule has 0 bridgehead atoms. The largest absolute Gasteiger partial charge is 0.478 e. The van der Waals surface area contributed by atoms with Crippen molar-refractivity contribution in [1.29, 1.82) is 0 Å². The van der Waals surface area contributed by atoms with E-state index in [0.717, 1.165) is 16.6 Å². The highest BCUT2D eigenvalue weighted by molar-refractivity contribution is 5.87. The van der Waals surface area contributed by atoms with Crippen molar-refractivity contribution in [3.8, 4) is 0 Å². The molecule has 0 amide bonds. The number of hydrogen-bond acceptors (Lipinski definition) is 3. The highest BCUT2D eigenvalue weighted by Crippen LogP contribution is 2.19. The lowest BCUT2D eigenvalue weighted by Gasteiger charge is -2.07. The summed E-state index contributed by atoms with van der Waals surface area (Å²) in [5.74, 6) is -0.512. The molecule has 3 N–H and O–H groups in total. The van der Waals surface area contributed by atoms with Gasteiger partial charge in [0.05, 0.1) is 23.1 Å². The summed E-state index contributed by atoms with van der Waals surface area (Å²) in [6, 6.07) is 14.5. The molecule has 0 fully saturated rings. The van der Waals surface area contributed by atoms with Crippen LogP contribution < -0.4 is 5.73 Å². The minimum absolute atomic E-state index is 0.269. The number of aromatic carboxylic acids is 1. The summed E-state index contributed by atoms with van der Waals surface area (Å²) in [7, 11) is 0. The molecule has 20 heavy (non-hydrogen) atoms. The molecule has 100 valence electrons. The Morgan fingerprint density at radius 2 is 2.00 bits per heavy atom. The number of anilines is 1. The number of hydrogen-bond donors (Lipinski definition) is 2. The highest BCUT2D eigenvalue weighted by Gasteiger charge is 2.09. The Hall–Kier alpha value is -2.82. The van der Waals surface area contributed by atoms with Crippen LogP contribution in [0.1, 0.15) is 15.9 Å². The van der Waals surface area contributed by atoms with Crippen LogP contribution in [0, 0.1) is 0 Å². The SMILES string of the molecule is Nc1nc2ccccc2n1Cc1cccc(C(=O)O)c1. The molecule has 5 heteroatoms. The average molecular weight is 267 g/mol. The van der Waals surface area contributed by atoms with Gasteiger partial charge in [0.2, 0.25) is 5.95 Å². The van der Waals surface area contributed by atoms with Crippen molar-refractivity contribution in [2.75, 3.05) is 5.73 Å². The molecule has 0 saturated heterocycles. The maximum absolute atomic E-state index is 11.0. The third-order valence-corrected chi connectivity index (χ3v) is 3.20. The van der Waals surface area contributed by atoms with Gasteiger partial charge in [-0.3, -0.25) is 0 Å². The van der Waals surface area contributed by atoms with E-state index in [0.29, 0.717) is 12.5 Å². The van der Waals surface area contributed by atoms with E-state index in [-0.39, 0.29) is 5.56 Å². The van der Waals surface area contributed by atoms with E-state index in [2.05, 4.69) is 4.98 Å². The van der Waals surface area contributed by atoms with Crippen molar-refractivity contribution < 1.29 is 9.90 Å². The molecule has 0 aliphatic carbocycles. The normalized spacial score (nSPS) is 10.8. The maximum Gasteiger partial charge on any atom is 0.335 e. The molecule has 5 nitrogen and oxygen atoms in total. The lowest BCUT2D eigenvalue weighted by atomic mass is 10.1. The Morgan fingerprint density at radius 3 is 2.80 bits per heavy atom. The quantitative estimate of drug-likeness (QED) is 0.763. The first-order chi connectivity index (χ1) is 9.65. The van der Waals surface area contributed by atoms with Crippen molar-refractivity contribution in [1.82, 2.24) is 9.55 Å². The van der Waals surface area contributed by atoms with Crippen LogP contribution in [0.15, 0.2) is 48.5 Å². The van der Waals surface area contributed by atoms with Crippen LogP contribution >= 0.6 is 0 Å². The first-order valence-electron chi connectivity index (χ1n) is 6.18. The number of rotatable bonds is 3. The van der Waals surface area contributed by atoms with Crippen LogP contribution in [0.25, 0.3) is 11.0 Å². The summed E-state index contributed by atoms with van der Waals surface area (Å²) < 4.78 is 1.87. The van der Waals surface area contributed by atoms with Gasteiger partial charge in [0, 0.05) is 0 Å². The predicted octanol–water partition coefficient (Wildman–Crippen LogP) is 2.37. The van der Waals surface area contributed by atoms with Gasteiger partial charge in [-0.1, -0.05) is 24.3 Å². The van der Waals surface area contributed by atoms with Crippen LogP contribution in [0.2, 0.25) is 0 Å². The average Bonchev–Trinajstić information content (AvgIpc) is 2.76. The smallest absolute Gasteiger partial charge is 0.335 e. The molecule has 1 aromatic heterocycles. The van der Waals surface area contributed by atoms with Gasteiger partial charge in [0.1, 0.15) is 0 Å². The lowest BCUT2D eigenvalue weighted by molar-refractivity contribution is 0.0697. The second kappa shape index (κ2) is 4.70. The van der Waals surface area contributed by atoms with Crippen molar-refractivity contribution in [3.05, 3.63) is 59.7 Å². The standard InChI is InChI=1S/C15H13N3O2/c16-15-17-12-6-1-2-7-13(12)18(15)9-10-4-3-5-11(8-10)14(19)20/h1-8H,9H2,(H2,16,17)(H,19,20). The second-order valence-electron chi connectivity index (χ2n) is 4.55. The van der Waals surface area contributed by atoms with Crippen LogP contribution in [0.3, 0.4) is 0 Å². The van der Waals surface area contributed by atoms with Gasteiger partial charge in [-0.05, 0) is 29.8 Å². The molecule has 3 aromatic rings. The number of carboxylic acids is 1. The summed E-state index contributed by atoms with van der Waals surface area (Å²) in [6.45, 7) is 0.494. The summed E-state index contributed by atoms with van der Waals surface area (Å²) >= 11 is 0. The molecular formula is C15H13N3O2. The monoisotopic (exact) mass is 267 g/mol. The number of carboxylic acid groups (broad SMARTS) is 1. The molecule has 0 saturated carbocycles. The van der Waals surface area contributed by atoms with E-state index in [1.807, 2.05) is 34.9 Å². The first-order valence-corrected chi connectivity index (χ1v) is 6.18. The van der Waals surface area contributed by atoms with Crippen LogP contribution in [-0.2, 0) is 6.54 Å². The van der Waals surface area contributed by atoms with E-state index in [1.54, 1.807) is 18.2 Å². The number of nitrogens with two attached hydrogens (primary N) is 1. The van der Waals surface area contributed by atoms with Crippen molar-refractivity contribution in [3.63, 3.8) is 0 Å². The molecule has 0 radical (unpaired) electrons. The van der Waals surface area contributed by atoms with E-state index < -0.39 is 5.97 Å². The molecule has 0 aliphatic heterocycles. The number of nitrogen functional groups attached to an aromatic ring is 1. The third-order valence-electron chi connectivity index (χ3n) is 3.20. The molecule has 0 atom stereocenters. The fourth-order valence-corrected chi connectivity index (χ4v) is 2.25. The van der Waals surface area contributed by atoms with Crippen LogP contribution in [-0.4, -0.2) is 20.6 Å². The predicted molar refractivity (Wildman–Crippen MR) is 76.6 cm³/mol. The summed E-state index contributed by atoms with van der Waals surface area (Å²) in [5.41, 5.74) is 8.85. The van der Waals surface area contributed by atoms with Crippen LogP contribution in [0.5, 0.6) is 0 Å². The molecule has 1 heterocycles. The van der Waals surface area contributed by atoms with E-state index >= 15 is 0 Å². The molecule has 3 rings (SSSR count). The van der Waals surface area contributed by atoms with Gasteiger partial charge in [-0.2, -0.15) is 0 Å². The van der Waals surface area contributed by atoms with Crippen LogP contribution in [0.4, 0.5) is 5.95 Å². The van der Waals surface area contributed by atoms with Crippen molar-refractivity contribution in [2.45, 2.75) is 6.54 Å². The zero-order chi connectivity index (χ0) is 14.1. The second-order valence-corrected chi connectivity index (χ2v) is 4.55. The number of imidazole rings is 1. The highest BCUT2D eigenvalue weighted by atomic mass is 16.4. The van der Waals surface area contributed by atoms with E-state index in [1.165, 1.54) is 0 Å². The number of fused-ring (bicyclic) bond motifs is 1. The minimum Gasteiger partial charge on any atom is -0.478 e. The lowest BCUT2D eigenvalue weighted by Crippen LogP contribution is -2.05. The number of nitrogens with zero attached hydrogens (tertiary/aromatic N) is 2. The molecule has 0 unspecified atom stereocenters. The van der Waals surface area contributed by atoms with Crippen molar-refractivity contribution >= 4 is 23.0 Å². The first kappa shape index (κ1) is 12.2. The summed E-state index contributed by atoms with van der Waals surface area (Å²) in [6.07, 6.45) is 0. The van der Waals surface area contributed by atoms with Gasteiger partial charge in [-0.25, -0.2) is 9.78 Å². The van der Waals surface area contributed by atoms with Crippen molar-refractivity contribution in [2.24, 2.45) is 0 Å². The zero-order valence-electron chi connectivity index (χ0n) is 10.7. The van der Waals surface area contributed by atoms with E-state index in [9.17, 15) is 4.79 Å². The summed E-state index contributed by atoms with van der Waals surface area (Å²) in [4.78, 5) is 15.3. The molecule has 2 aromatic carbocycles. The summed E-state index contributed by atoms with van der Waals surface area (Å²) in [5, 5.41) is 9.02. The molecule has 0 aliphatic rings. The Bertz CT molecular complexity index is 793. The Labute approximate surface area is 115 Å². The number of carbonyl (C=O) groups is 1. The number of aromatic nitrogens is 2. The zero-order valence-corrected chi connectivity index (χ0v) is 10.7. The number of benzene rings is 2. The topological polar surface area (TPSA) is 81.1 Å².